The van der Waals surface area contributed by atoms with Crippen molar-refractivity contribution in [2.24, 2.45) is 11.0 Å². The third-order valence-electron chi connectivity index (χ3n) is 2.34. The molecule has 0 bridgehead atoms. The summed E-state index contributed by atoms with van der Waals surface area (Å²) in [7, 11) is 1.41. The van der Waals surface area contributed by atoms with Gasteiger partial charge in [-0.2, -0.15) is 5.10 Å². The summed E-state index contributed by atoms with van der Waals surface area (Å²) in [5.74, 6) is 0.0910. The number of rotatable bonds is 7. The number of hydrazone groups is 1. The van der Waals surface area contributed by atoms with E-state index in [0.717, 1.165) is 0 Å². The molecule has 0 amide bonds. The van der Waals surface area contributed by atoms with Crippen LogP contribution in [0.2, 0.25) is 0 Å². The molecule has 1 aromatic rings. The van der Waals surface area contributed by atoms with Gasteiger partial charge in [0.25, 0.3) is 0 Å². The lowest BCUT2D eigenvalue weighted by Crippen LogP contribution is -2.22. The lowest BCUT2D eigenvalue weighted by atomic mass is 10.2. The van der Waals surface area contributed by atoms with Crippen molar-refractivity contribution < 1.29 is 14.2 Å². The summed E-state index contributed by atoms with van der Waals surface area (Å²) in [4.78, 5) is 0. The van der Waals surface area contributed by atoms with E-state index in [1.807, 2.05) is 0 Å². The molecule has 0 radical (unpaired) electrons. The molecule has 0 spiro atoms. The summed E-state index contributed by atoms with van der Waals surface area (Å²) >= 11 is 5.61. The fraction of sp³-hybridized carbons (Fsp3) is 0.417. The minimum atomic E-state index is -0.412. The van der Waals surface area contributed by atoms with Crippen molar-refractivity contribution in [2.75, 3.05) is 26.1 Å². The molecule has 1 rings (SSSR count). The van der Waals surface area contributed by atoms with E-state index in [1.165, 1.54) is 13.2 Å². The number of nitrogens with one attached hydrogen (secondary N) is 1. The maximum Gasteiger partial charge on any atom is 0.165 e. The van der Waals surface area contributed by atoms with Gasteiger partial charge in [0.1, 0.15) is 0 Å². The van der Waals surface area contributed by atoms with Gasteiger partial charge in [0.2, 0.25) is 0 Å². The average Bonchev–Trinajstić information content (AvgIpc) is 2.40. The highest BCUT2D eigenvalue weighted by Crippen LogP contribution is 2.16. The quantitative estimate of drug-likeness (QED) is 0.451. The van der Waals surface area contributed by atoms with Crippen molar-refractivity contribution in [3.8, 4) is 5.75 Å². The van der Waals surface area contributed by atoms with Crippen molar-refractivity contribution in [2.45, 2.75) is 0 Å². The van der Waals surface area contributed by atoms with E-state index in [9.17, 15) is 4.39 Å². The summed E-state index contributed by atoms with van der Waals surface area (Å²) in [5, 5.41) is 12.9. The Labute approximate surface area is 110 Å². The summed E-state index contributed by atoms with van der Waals surface area (Å²) in [5.41, 5.74) is 3.49. The second-order valence-electron chi connectivity index (χ2n) is 3.72. The molecule has 0 heterocycles. The van der Waals surface area contributed by atoms with Gasteiger partial charge in [0, 0.05) is 24.9 Å². The smallest absolute Gasteiger partial charge is 0.165 e. The van der Waals surface area contributed by atoms with Crippen LogP contribution in [0, 0.1) is 11.7 Å². The number of aliphatic hydroxyl groups is 1. The zero-order chi connectivity index (χ0) is 13.4. The van der Waals surface area contributed by atoms with Crippen molar-refractivity contribution in [1.82, 2.24) is 5.43 Å². The second kappa shape index (κ2) is 7.89. The molecule has 2 N–H and O–H groups in total. The maximum atomic E-state index is 13.1. The van der Waals surface area contributed by atoms with E-state index in [-0.39, 0.29) is 18.3 Å². The topological polar surface area (TPSA) is 53.8 Å². The molecule has 0 aromatic heterocycles. The zero-order valence-corrected chi connectivity index (χ0v) is 10.8. The number of hydrogen-bond acceptors (Lipinski definition) is 4. The number of hydrogen-bond donors (Lipinski definition) is 2. The van der Waals surface area contributed by atoms with Crippen molar-refractivity contribution in [3.05, 3.63) is 29.6 Å². The van der Waals surface area contributed by atoms with Gasteiger partial charge in [-0.05, 0) is 17.7 Å². The first kappa shape index (κ1) is 14.7. The summed E-state index contributed by atoms with van der Waals surface area (Å²) in [6.07, 6.45) is 1.55. The Bertz CT molecular complexity index is 398. The SMILES string of the molecule is COc1cc(/C=N/NCC(CO)CCl)ccc1F. The van der Waals surface area contributed by atoms with Crippen molar-refractivity contribution in [3.63, 3.8) is 0 Å². The molecular weight excluding hydrogens is 259 g/mol. The Morgan fingerprint density at radius 3 is 3.00 bits per heavy atom. The number of alkyl halides is 1. The van der Waals surface area contributed by atoms with E-state index in [0.29, 0.717) is 18.0 Å². The summed E-state index contributed by atoms with van der Waals surface area (Å²) in [6.45, 7) is 0.491. The molecule has 1 atom stereocenters. The average molecular weight is 275 g/mol. The van der Waals surface area contributed by atoms with Crippen LogP contribution in [0.15, 0.2) is 23.3 Å². The number of halogens is 2. The van der Waals surface area contributed by atoms with Crippen LogP contribution in [-0.2, 0) is 0 Å². The molecule has 0 fully saturated rings. The number of methoxy groups -OCH3 is 1. The molecule has 100 valence electrons. The molecule has 6 heteroatoms. The predicted molar refractivity (Wildman–Crippen MR) is 69.8 cm³/mol. The molecule has 0 aliphatic heterocycles. The van der Waals surface area contributed by atoms with Crippen LogP contribution in [0.25, 0.3) is 0 Å². The monoisotopic (exact) mass is 274 g/mol. The van der Waals surface area contributed by atoms with Gasteiger partial charge in [-0.25, -0.2) is 4.39 Å². The van der Waals surface area contributed by atoms with Crippen LogP contribution in [-0.4, -0.2) is 37.5 Å². The van der Waals surface area contributed by atoms with Crippen LogP contribution < -0.4 is 10.2 Å². The van der Waals surface area contributed by atoms with Crippen LogP contribution in [0.3, 0.4) is 0 Å². The van der Waals surface area contributed by atoms with Gasteiger partial charge in [0.15, 0.2) is 11.6 Å². The summed E-state index contributed by atoms with van der Waals surface area (Å²) < 4.78 is 18.0. The number of benzene rings is 1. The molecule has 0 aliphatic carbocycles. The minimum Gasteiger partial charge on any atom is -0.494 e. The molecular formula is C12H16ClFN2O2. The predicted octanol–water partition coefficient (Wildman–Crippen LogP) is 1.61. The zero-order valence-electron chi connectivity index (χ0n) is 10.1. The first-order chi connectivity index (χ1) is 8.71. The van der Waals surface area contributed by atoms with Crippen molar-refractivity contribution in [1.29, 1.82) is 0 Å². The number of ether oxygens (including phenoxy) is 1. The van der Waals surface area contributed by atoms with E-state index >= 15 is 0 Å². The fourth-order valence-corrected chi connectivity index (χ4v) is 1.43. The molecule has 18 heavy (non-hydrogen) atoms. The highest BCUT2D eigenvalue weighted by atomic mass is 35.5. The molecule has 0 aliphatic rings. The Morgan fingerprint density at radius 2 is 2.39 bits per heavy atom. The Hall–Kier alpha value is -1.33. The third kappa shape index (κ3) is 4.50. The largest absolute Gasteiger partial charge is 0.494 e. The molecule has 1 aromatic carbocycles. The second-order valence-corrected chi connectivity index (χ2v) is 4.03. The first-order valence-corrected chi connectivity index (χ1v) is 6.01. The fourth-order valence-electron chi connectivity index (χ4n) is 1.23. The van der Waals surface area contributed by atoms with Crippen LogP contribution in [0.5, 0.6) is 5.75 Å². The van der Waals surface area contributed by atoms with Gasteiger partial charge < -0.3 is 15.3 Å². The van der Waals surface area contributed by atoms with Gasteiger partial charge in [-0.15, -0.1) is 11.6 Å². The van der Waals surface area contributed by atoms with Crippen molar-refractivity contribution >= 4 is 17.8 Å². The van der Waals surface area contributed by atoms with E-state index in [1.54, 1.807) is 18.3 Å². The van der Waals surface area contributed by atoms with Gasteiger partial charge in [-0.1, -0.05) is 6.07 Å². The Balaban J connectivity index is 2.51. The Kier molecular flexibility index (Phi) is 6.46. The van der Waals surface area contributed by atoms with Gasteiger partial charge in [-0.3, -0.25) is 0 Å². The Morgan fingerprint density at radius 1 is 1.61 bits per heavy atom. The van der Waals surface area contributed by atoms with Gasteiger partial charge in [0.05, 0.1) is 13.3 Å². The number of aliphatic hydroxyl groups excluding tert-OH is 1. The van der Waals surface area contributed by atoms with E-state index in [4.69, 9.17) is 21.4 Å². The normalized spacial score (nSPS) is 12.7. The molecule has 1 unspecified atom stereocenters. The standard InChI is InChI=1S/C12H16ClFN2O2/c1-18-12-4-9(2-3-11(12)14)6-15-16-7-10(5-13)8-17/h2-4,6,10,16-17H,5,7-8H2,1H3/b15-6+. The minimum absolute atomic E-state index is 0.0103. The highest BCUT2D eigenvalue weighted by Gasteiger charge is 2.04. The number of nitrogens with zero attached hydrogens (tertiary/aromatic N) is 1. The maximum absolute atomic E-state index is 13.1. The summed E-state index contributed by atoms with van der Waals surface area (Å²) in [6, 6.07) is 4.45. The lowest BCUT2D eigenvalue weighted by molar-refractivity contribution is 0.236. The molecule has 0 saturated carbocycles. The van der Waals surface area contributed by atoms with E-state index < -0.39 is 5.82 Å². The lowest BCUT2D eigenvalue weighted by Gasteiger charge is -2.08. The van der Waals surface area contributed by atoms with Gasteiger partial charge >= 0.3 is 0 Å². The van der Waals surface area contributed by atoms with Crippen LogP contribution >= 0.6 is 11.6 Å². The van der Waals surface area contributed by atoms with Crippen LogP contribution in [0.4, 0.5) is 4.39 Å². The molecule has 0 saturated heterocycles. The first-order valence-electron chi connectivity index (χ1n) is 5.47. The third-order valence-corrected chi connectivity index (χ3v) is 2.77. The van der Waals surface area contributed by atoms with Crippen LogP contribution in [0.1, 0.15) is 5.56 Å². The van der Waals surface area contributed by atoms with E-state index in [2.05, 4.69) is 10.5 Å². The molecule has 4 nitrogen and oxygen atoms in total. The highest BCUT2D eigenvalue weighted by molar-refractivity contribution is 6.18.